The van der Waals surface area contributed by atoms with Crippen molar-refractivity contribution in [2.75, 3.05) is 5.73 Å². The molecule has 0 amide bonds. The van der Waals surface area contributed by atoms with Gasteiger partial charge in [-0.1, -0.05) is 17.4 Å². The summed E-state index contributed by atoms with van der Waals surface area (Å²) in [5.74, 6) is 0. The number of nitrogens with zero attached hydrogens (tertiary/aromatic N) is 4. The number of thiazole rings is 1. The number of anilines is 1. The smallest absolute Gasteiger partial charge is 0.181 e. The van der Waals surface area contributed by atoms with E-state index in [9.17, 15) is 5.11 Å². The molecule has 0 aliphatic heterocycles. The molecule has 0 unspecified atom stereocenters. The van der Waals surface area contributed by atoms with Crippen LogP contribution in [0.25, 0.3) is 15.9 Å². The molecule has 110 valence electrons. The van der Waals surface area contributed by atoms with Crippen molar-refractivity contribution in [3.8, 4) is 0 Å². The van der Waals surface area contributed by atoms with E-state index in [1.165, 1.54) is 11.3 Å². The molecule has 3 heterocycles. The topological polar surface area (TPSA) is 89.3 Å². The number of hydrogen-bond donors (Lipinski definition) is 2. The van der Waals surface area contributed by atoms with Crippen LogP contribution in [-0.4, -0.2) is 24.7 Å². The molecule has 0 atom stereocenters. The van der Waals surface area contributed by atoms with Gasteiger partial charge in [-0.15, -0.1) is 0 Å². The van der Waals surface area contributed by atoms with E-state index in [1.54, 1.807) is 10.6 Å². The summed E-state index contributed by atoms with van der Waals surface area (Å²) in [5.41, 5.74) is 10.2. The Morgan fingerprint density at radius 3 is 3.00 bits per heavy atom. The van der Waals surface area contributed by atoms with E-state index in [-0.39, 0.29) is 6.61 Å². The Bertz CT molecular complexity index is 975. The third kappa shape index (κ3) is 2.20. The lowest BCUT2D eigenvalue weighted by Gasteiger charge is -2.03. The van der Waals surface area contributed by atoms with Crippen molar-refractivity contribution in [2.45, 2.75) is 13.0 Å². The van der Waals surface area contributed by atoms with Crippen molar-refractivity contribution in [3.63, 3.8) is 0 Å². The zero-order chi connectivity index (χ0) is 15.1. The van der Waals surface area contributed by atoms with E-state index < -0.39 is 0 Å². The highest BCUT2D eigenvalue weighted by Crippen LogP contribution is 2.25. The van der Waals surface area contributed by atoms with Crippen molar-refractivity contribution >= 4 is 32.3 Å². The maximum atomic E-state index is 9.22. The number of nitrogens with two attached hydrogens (primary N) is 1. The Balaban J connectivity index is 1.74. The van der Waals surface area contributed by atoms with Gasteiger partial charge in [-0.3, -0.25) is 0 Å². The predicted octanol–water partition coefficient (Wildman–Crippen LogP) is 2.00. The van der Waals surface area contributed by atoms with Gasteiger partial charge in [0.05, 0.1) is 34.4 Å². The third-order valence-corrected chi connectivity index (χ3v) is 4.35. The minimum atomic E-state index is -0.0837. The molecule has 1 aromatic carbocycles. The molecule has 0 aliphatic rings. The molecule has 0 aliphatic carbocycles. The molecule has 4 rings (SSSR count). The lowest BCUT2D eigenvalue weighted by atomic mass is 10.1. The van der Waals surface area contributed by atoms with Gasteiger partial charge < -0.3 is 10.8 Å². The van der Waals surface area contributed by atoms with Crippen molar-refractivity contribution < 1.29 is 5.11 Å². The molecule has 4 aromatic rings. The second-order valence-corrected chi connectivity index (χ2v) is 6.10. The average molecular weight is 311 g/mol. The summed E-state index contributed by atoms with van der Waals surface area (Å²) in [4.78, 5) is 8.61. The summed E-state index contributed by atoms with van der Waals surface area (Å²) in [7, 11) is 0. The minimum absolute atomic E-state index is 0.0837. The second kappa shape index (κ2) is 5.04. The molecule has 7 heteroatoms. The largest absolute Gasteiger partial charge is 0.390 e. The van der Waals surface area contributed by atoms with E-state index >= 15 is 0 Å². The van der Waals surface area contributed by atoms with Crippen LogP contribution in [0, 0.1) is 0 Å². The van der Waals surface area contributed by atoms with Crippen molar-refractivity contribution in [3.05, 3.63) is 53.5 Å². The molecule has 0 fully saturated rings. The molecule has 0 saturated carbocycles. The van der Waals surface area contributed by atoms with Crippen LogP contribution in [-0.2, 0) is 13.0 Å². The Morgan fingerprint density at radius 1 is 1.23 bits per heavy atom. The van der Waals surface area contributed by atoms with E-state index in [1.807, 2.05) is 24.4 Å². The van der Waals surface area contributed by atoms with E-state index in [2.05, 4.69) is 21.1 Å². The van der Waals surface area contributed by atoms with Gasteiger partial charge in [-0.25, -0.2) is 14.5 Å². The van der Waals surface area contributed by atoms with Crippen LogP contribution in [0.3, 0.4) is 0 Å². The van der Waals surface area contributed by atoms with Gasteiger partial charge in [0.1, 0.15) is 0 Å². The quantitative estimate of drug-likeness (QED) is 0.604. The highest BCUT2D eigenvalue weighted by atomic mass is 32.1. The fourth-order valence-electron chi connectivity index (χ4n) is 2.47. The number of aliphatic hydroxyl groups is 1. The molecule has 0 bridgehead atoms. The standard InChI is InChI=1S/C15H13N5OS/c16-15-18-12-3-1-9(6-13(12)22-15)5-11-7-17-14-4-2-10(8-21)19-20(11)14/h1-4,6-7,21H,5,8H2,(H2,16,18). The van der Waals surface area contributed by atoms with E-state index in [4.69, 9.17) is 5.73 Å². The molecular weight excluding hydrogens is 298 g/mol. The van der Waals surface area contributed by atoms with Crippen LogP contribution in [0.15, 0.2) is 36.5 Å². The number of fused-ring (bicyclic) bond motifs is 2. The number of hydrogen-bond acceptors (Lipinski definition) is 6. The second-order valence-electron chi connectivity index (χ2n) is 5.03. The van der Waals surface area contributed by atoms with E-state index in [0.29, 0.717) is 17.2 Å². The summed E-state index contributed by atoms with van der Waals surface area (Å²) < 4.78 is 2.85. The van der Waals surface area contributed by atoms with Gasteiger partial charge in [0.2, 0.25) is 0 Å². The van der Waals surface area contributed by atoms with Gasteiger partial charge in [0.15, 0.2) is 10.8 Å². The number of imidazole rings is 1. The predicted molar refractivity (Wildman–Crippen MR) is 85.7 cm³/mol. The molecular formula is C15H13N5OS. The van der Waals surface area contributed by atoms with Crippen LogP contribution in [0.2, 0.25) is 0 Å². The Labute approximate surface area is 129 Å². The van der Waals surface area contributed by atoms with Gasteiger partial charge in [-0.2, -0.15) is 5.10 Å². The van der Waals surface area contributed by atoms with Gasteiger partial charge in [0, 0.05) is 6.42 Å². The molecule has 3 aromatic heterocycles. The first-order valence-electron chi connectivity index (χ1n) is 6.81. The molecule has 0 spiro atoms. The van der Waals surface area contributed by atoms with Crippen molar-refractivity contribution in [1.29, 1.82) is 0 Å². The number of aromatic nitrogens is 4. The zero-order valence-corrected chi connectivity index (χ0v) is 12.4. The number of benzene rings is 1. The van der Waals surface area contributed by atoms with E-state index in [0.717, 1.165) is 27.1 Å². The first-order chi connectivity index (χ1) is 10.7. The maximum Gasteiger partial charge on any atom is 0.181 e. The first kappa shape index (κ1) is 13.2. The van der Waals surface area contributed by atoms with Crippen LogP contribution in [0.5, 0.6) is 0 Å². The first-order valence-corrected chi connectivity index (χ1v) is 7.63. The summed E-state index contributed by atoms with van der Waals surface area (Å²) in [6, 6.07) is 9.75. The maximum absolute atomic E-state index is 9.22. The Hall–Kier alpha value is -2.51. The molecule has 3 N–H and O–H groups in total. The monoisotopic (exact) mass is 311 g/mol. The number of aliphatic hydroxyl groups excluding tert-OH is 1. The number of nitrogen functional groups attached to an aromatic ring is 1. The van der Waals surface area contributed by atoms with Crippen molar-refractivity contribution in [2.24, 2.45) is 0 Å². The Kier molecular flexibility index (Phi) is 3.02. The summed E-state index contributed by atoms with van der Waals surface area (Å²) >= 11 is 1.48. The minimum Gasteiger partial charge on any atom is -0.390 e. The van der Waals surface area contributed by atoms with Crippen LogP contribution >= 0.6 is 11.3 Å². The van der Waals surface area contributed by atoms with Crippen molar-refractivity contribution in [1.82, 2.24) is 19.6 Å². The summed E-state index contributed by atoms with van der Waals surface area (Å²) in [6.07, 6.45) is 2.52. The summed E-state index contributed by atoms with van der Waals surface area (Å²) in [6.45, 7) is -0.0837. The highest BCUT2D eigenvalue weighted by molar-refractivity contribution is 7.22. The van der Waals surface area contributed by atoms with Crippen LogP contribution in [0.4, 0.5) is 5.13 Å². The Morgan fingerprint density at radius 2 is 2.14 bits per heavy atom. The fourth-order valence-corrected chi connectivity index (χ4v) is 3.27. The third-order valence-electron chi connectivity index (χ3n) is 3.50. The van der Waals surface area contributed by atoms with Gasteiger partial charge >= 0.3 is 0 Å². The number of rotatable bonds is 3. The SMILES string of the molecule is Nc1nc2ccc(Cc3cnc4ccc(CO)nn34)cc2s1. The molecule has 6 nitrogen and oxygen atoms in total. The van der Waals surface area contributed by atoms with Gasteiger partial charge in [0.25, 0.3) is 0 Å². The normalized spacial score (nSPS) is 11.5. The average Bonchev–Trinajstić information content (AvgIpc) is 3.09. The fraction of sp³-hybridized carbons (Fsp3) is 0.133. The van der Waals surface area contributed by atoms with Gasteiger partial charge in [-0.05, 0) is 29.8 Å². The zero-order valence-electron chi connectivity index (χ0n) is 11.6. The van der Waals surface area contributed by atoms with Crippen LogP contribution in [0.1, 0.15) is 17.0 Å². The lowest BCUT2D eigenvalue weighted by Crippen LogP contribution is -2.02. The van der Waals surface area contributed by atoms with Crippen LogP contribution < -0.4 is 5.73 Å². The highest BCUT2D eigenvalue weighted by Gasteiger charge is 2.08. The lowest BCUT2D eigenvalue weighted by molar-refractivity contribution is 0.275. The summed E-state index contributed by atoms with van der Waals surface area (Å²) in [5, 5.41) is 14.2. The molecule has 22 heavy (non-hydrogen) atoms. The molecule has 0 saturated heterocycles. The molecule has 0 radical (unpaired) electrons.